The average Bonchev–Trinajstić information content (AvgIpc) is 2.58. The number of hydrogen-bond acceptors (Lipinski definition) is 5. The predicted octanol–water partition coefficient (Wildman–Crippen LogP) is 2.00. The number of hydrogen-bond donors (Lipinski definition) is 1. The summed E-state index contributed by atoms with van der Waals surface area (Å²) >= 11 is 0. The minimum atomic E-state index is -2.93. The van der Waals surface area contributed by atoms with Gasteiger partial charge in [-0.1, -0.05) is 0 Å². The number of aromatic nitrogens is 1. The van der Waals surface area contributed by atoms with Gasteiger partial charge in [-0.05, 0) is 38.4 Å². The summed E-state index contributed by atoms with van der Waals surface area (Å²) in [5.41, 5.74) is 1.47. The summed E-state index contributed by atoms with van der Waals surface area (Å²) in [6.45, 7) is -0.0284. The van der Waals surface area contributed by atoms with Crippen LogP contribution in [0.25, 0.3) is 10.9 Å². The minimum absolute atomic E-state index is 0.145. The van der Waals surface area contributed by atoms with E-state index in [1.807, 2.05) is 0 Å². The lowest BCUT2D eigenvalue weighted by Crippen LogP contribution is -2.56. The van der Waals surface area contributed by atoms with E-state index in [1.54, 1.807) is 54.4 Å². The molecule has 1 aromatic heterocycles. The van der Waals surface area contributed by atoms with Gasteiger partial charge >= 0.3 is 0 Å². The predicted molar refractivity (Wildman–Crippen MR) is 98.7 cm³/mol. The fourth-order valence-electron chi connectivity index (χ4n) is 3.46. The molecule has 1 aromatic carbocycles. The van der Waals surface area contributed by atoms with Crippen molar-refractivity contribution in [1.29, 1.82) is 5.26 Å². The van der Waals surface area contributed by atoms with Crippen LogP contribution in [0.15, 0.2) is 30.5 Å². The molecule has 1 saturated heterocycles. The van der Waals surface area contributed by atoms with Crippen LogP contribution in [0, 0.1) is 11.3 Å². The monoisotopic (exact) mass is 373 g/mol. The number of pyridine rings is 1. The molecule has 2 heterocycles. The fraction of sp³-hybridized carbons (Fsp3) is 0.421. The number of amides is 1. The van der Waals surface area contributed by atoms with Crippen molar-refractivity contribution in [1.82, 2.24) is 15.2 Å². The molecule has 2 aromatic rings. The smallest absolute Gasteiger partial charge is 0.267 e. The number of anilines is 1. The van der Waals surface area contributed by atoms with Crippen molar-refractivity contribution >= 4 is 22.5 Å². The molecule has 1 amide bonds. The first-order valence-electron chi connectivity index (χ1n) is 8.64. The van der Waals surface area contributed by atoms with E-state index in [0.29, 0.717) is 22.2 Å². The first-order chi connectivity index (χ1) is 12.8. The number of carbonyl (C=O) groups is 1. The highest BCUT2D eigenvalue weighted by atomic mass is 19.3. The van der Waals surface area contributed by atoms with Gasteiger partial charge in [-0.2, -0.15) is 5.26 Å². The third-order valence-electron chi connectivity index (χ3n) is 4.44. The van der Waals surface area contributed by atoms with Crippen LogP contribution in [0.5, 0.6) is 0 Å². The van der Waals surface area contributed by atoms with E-state index in [0.717, 1.165) is 0 Å². The van der Waals surface area contributed by atoms with Crippen LogP contribution in [0.3, 0.4) is 0 Å². The number of halogens is 2. The highest BCUT2D eigenvalue weighted by Crippen LogP contribution is 2.34. The number of rotatable bonds is 4. The molecule has 1 aliphatic heterocycles. The van der Waals surface area contributed by atoms with Crippen molar-refractivity contribution in [2.75, 3.05) is 38.6 Å². The number of nitrogens with one attached hydrogen (secondary N) is 1. The molecule has 1 unspecified atom stereocenters. The average molecular weight is 373 g/mol. The molecule has 0 spiro atoms. The normalized spacial score (nSPS) is 19.1. The Morgan fingerprint density at radius 1 is 1.44 bits per heavy atom. The zero-order valence-corrected chi connectivity index (χ0v) is 15.2. The van der Waals surface area contributed by atoms with Crippen LogP contribution in [0.4, 0.5) is 14.5 Å². The molecule has 0 aliphatic carbocycles. The van der Waals surface area contributed by atoms with Gasteiger partial charge in [-0.25, -0.2) is 8.78 Å². The van der Waals surface area contributed by atoms with E-state index < -0.39 is 24.9 Å². The molecule has 8 heteroatoms. The molecular formula is C19H21F2N5O. The van der Waals surface area contributed by atoms with Gasteiger partial charge in [0.1, 0.15) is 6.07 Å². The molecule has 1 atom stereocenters. The summed E-state index contributed by atoms with van der Waals surface area (Å²) in [6, 6.07) is 8.16. The number of benzene rings is 1. The van der Waals surface area contributed by atoms with E-state index in [2.05, 4.69) is 16.4 Å². The summed E-state index contributed by atoms with van der Waals surface area (Å²) < 4.78 is 28.8. The Kier molecular flexibility index (Phi) is 5.24. The third-order valence-corrected chi connectivity index (χ3v) is 4.44. The van der Waals surface area contributed by atoms with E-state index >= 15 is 0 Å². The van der Waals surface area contributed by atoms with Gasteiger partial charge in [0.2, 0.25) is 5.91 Å². The summed E-state index contributed by atoms with van der Waals surface area (Å²) in [7, 11) is 3.49. The zero-order valence-electron chi connectivity index (χ0n) is 15.2. The van der Waals surface area contributed by atoms with Crippen LogP contribution < -0.4 is 10.2 Å². The third kappa shape index (κ3) is 4.31. The summed E-state index contributed by atoms with van der Waals surface area (Å²) in [6.07, 6.45) is 1.18. The van der Waals surface area contributed by atoms with Crippen LogP contribution in [-0.2, 0) is 4.79 Å². The molecule has 1 fully saturated rings. The lowest BCUT2D eigenvalue weighted by molar-refractivity contribution is -0.123. The highest BCUT2D eigenvalue weighted by molar-refractivity contribution is 5.95. The Balaban J connectivity index is 1.91. The van der Waals surface area contributed by atoms with E-state index in [-0.39, 0.29) is 19.0 Å². The van der Waals surface area contributed by atoms with E-state index in [4.69, 9.17) is 0 Å². The molecule has 3 rings (SSSR count). The van der Waals surface area contributed by atoms with Crippen molar-refractivity contribution in [3.05, 3.63) is 36.0 Å². The Morgan fingerprint density at radius 2 is 2.22 bits per heavy atom. The number of fused-ring (bicyclic) bond motifs is 1. The van der Waals surface area contributed by atoms with Gasteiger partial charge in [-0.3, -0.25) is 9.78 Å². The molecule has 0 bridgehead atoms. The van der Waals surface area contributed by atoms with Crippen LogP contribution in [-0.4, -0.2) is 61.5 Å². The van der Waals surface area contributed by atoms with Gasteiger partial charge in [0.05, 0.1) is 30.2 Å². The van der Waals surface area contributed by atoms with Crippen molar-refractivity contribution < 1.29 is 13.6 Å². The quantitative estimate of drug-likeness (QED) is 0.888. The number of likely N-dealkylation sites (N-methyl/N-ethyl adjacent to an activating group) is 1. The van der Waals surface area contributed by atoms with Crippen LogP contribution in [0.1, 0.15) is 12.0 Å². The van der Waals surface area contributed by atoms with Crippen molar-refractivity contribution in [2.45, 2.75) is 18.4 Å². The van der Waals surface area contributed by atoms with Crippen molar-refractivity contribution in [3.8, 4) is 6.07 Å². The number of nitriles is 1. The SMILES string of the molecule is CN(C)CC(=O)NC1CN(c2ccc(C#N)c3ncccc23)CC(F)(F)C1. The van der Waals surface area contributed by atoms with Gasteiger partial charge < -0.3 is 15.1 Å². The van der Waals surface area contributed by atoms with Gasteiger partial charge in [-0.15, -0.1) is 0 Å². The Hall–Kier alpha value is -2.79. The molecule has 1 aliphatic rings. The summed E-state index contributed by atoms with van der Waals surface area (Å²) in [5.74, 6) is -3.22. The number of carbonyl (C=O) groups excluding carboxylic acids is 1. The molecule has 142 valence electrons. The second-order valence-corrected chi connectivity index (χ2v) is 7.09. The lowest BCUT2D eigenvalue weighted by Gasteiger charge is -2.39. The largest absolute Gasteiger partial charge is 0.363 e. The lowest BCUT2D eigenvalue weighted by atomic mass is 9.99. The van der Waals surface area contributed by atoms with E-state index in [1.165, 1.54) is 0 Å². The number of alkyl halides is 2. The molecule has 0 saturated carbocycles. The van der Waals surface area contributed by atoms with Crippen LogP contribution >= 0.6 is 0 Å². The van der Waals surface area contributed by atoms with Gasteiger partial charge in [0.25, 0.3) is 5.92 Å². The fourth-order valence-corrected chi connectivity index (χ4v) is 3.46. The Labute approximate surface area is 156 Å². The first-order valence-corrected chi connectivity index (χ1v) is 8.64. The molecule has 0 radical (unpaired) electrons. The highest BCUT2D eigenvalue weighted by Gasteiger charge is 2.41. The van der Waals surface area contributed by atoms with E-state index in [9.17, 15) is 18.8 Å². The number of piperidine rings is 1. The Morgan fingerprint density at radius 3 is 2.93 bits per heavy atom. The molecule has 6 nitrogen and oxygen atoms in total. The van der Waals surface area contributed by atoms with Gasteiger partial charge in [0, 0.05) is 30.2 Å². The minimum Gasteiger partial charge on any atom is -0.363 e. The standard InChI is InChI=1S/C19H21F2N5O/c1-25(2)11-17(27)24-14-8-19(20,21)12-26(10-14)16-6-5-13(9-22)18-15(16)4-3-7-23-18/h3-7,14H,8,10-12H2,1-2H3,(H,24,27). The number of nitrogens with zero attached hydrogens (tertiary/aromatic N) is 4. The maximum absolute atomic E-state index is 14.4. The molecular weight excluding hydrogens is 352 g/mol. The molecule has 27 heavy (non-hydrogen) atoms. The Bertz CT molecular complexity index is 893. The topological polar surface area (TPSA) is 72.3 Å². The zero-order chi connectivity index (χ0) is 19.6. The maximum Gasteiger partial charge on any atom is 0.267 e. The van der Waals surface area contributed by atoms with Crippen LogP contribution in [0.2, 0.25) is 0 Å². The summed E-state index contributed by atoms with van der Waals surface area (Å²) in [4.78, 5) is 19.5. The van der Waals surface area contributed by atoms with Crippen molar-refractivity contribution in [2.24, 2.45) is 0 Å². The van der Waals surface area contributed by atoms with Gasteiger partial charge in [0.15, 0.2) is 0 Å². The first kappa shape index (κ1) is 19.0. The second-order valence-electron chi connectivity index (χ2n) is 7.09. The second kappa shape index (κ2) is 7.45. The molecule has 1 N–H and O–H groups in total. The van der Waals surface area contributed by atoms with Crippen molar-refractivity contribution in [3.63, 3.8) is 0 Å². The summed E-state index contributed by atoms with van der Waals surface area (Å²) in [5, 5.41) is 12.6. The maximum atomic E-state index is 14.4.